The Morgan fingerprint density at radius 1 is 1.31 bits per heavy atom. The zero-order valence-corrected chi connectivity index (χ0v) is 15.1. The van der Waals surface area contributed by atoms with Crippen molar-refractivity contribution in [3.8, 4) is 5.69 Å². The molecule has 3 atom stereocenters. The number of carbonyl (C=O) groups is 1. The molecule has 134 valence electrons. The highest BCUT2D eigenvalue weighted by Crippen LogP contribution is 2.24. The molecule has 0 saturated carbocycles. The molecule has 4 rings (SSSR count). The summed E-state index contributed by atoms with van der Waals surface area (Å²) < 4.78 is 1.70. The van der Waals surface area contributed by atoms with E-state index in [1.807, 2.05) is 31.2 Å². The molecule has 1 fully saturated rings. The van der Waals surface area contributed by atoms with Gasteiger partial charge in [-0.1, -0.05) is 12.1 Å². The van der Waals surface area contributed by atoms with E-state index >= 15 is 0 Å². The van der Waals surface area contributed by atoms with Gasteiger partial charge in [-0.3, -0.25) is 4.79 Å². The highest BCUT2D eigenvalue weighted by molar-refractivity contribution is 7.07. The quantitative estimate of drug-likeness (QED) is 0.642. The molecule has 8 heteroatoms. The summed E-state index contributed by atoms with van der Waals surface area (Å²) in [5.41, 5.74) is 9.51. The van der Waals surface area contributed by atoms with Crippen LogP contribution in [-0.4, -0.2) is 26.7 Å². The van der Waals surface area contributed by atoms with E-state index in [1.165, 1.54) is 11.9 Å². The minimum Gasteiger partial charge on any atom is -0.348 e. The number of benzene rings is 1. The maximum Gasteiger partial charge on any atom is 0.239 e. The van der Waals surface area contributed by atoms with E-state index in [0.717, 1.165) is 17.7 Å². The van der Waals surface area contributed by atoms with Gasteiger partial charge in [-0.25, -0.2) is 20.5 Å². The maximum absolute atomic E-state index is 12.6. The van der Waals surface area contributed by atoms with Crippen molar-refractivity contribution < 1.29 is 4.79 Å². The molecule has 1 aliphatic rings. The molecule has 0 aliphatic carbocycles. The van der Waals surface area contributed by atoms with Crippen LogP contribution in [0.1, 0.15) is 36.6 Å². The number of hydrogen-bond donors (Lipinski definition) is 3. The third-order valence-electron chi connectivity index (χ3n) is 4.60. The van der Waals surface area contributed by atoms with Crippen LogP contribution in [0.2, 0.25) is 0 Å². The van der Waals surface area contributed by atoms with Crippen molar-refractivity contribution in [3.05, 3.63) is 64.9 Å². The first-order valence-corrected chi connectivity index (χ1v) is 9.43. The van der Waals surface area contributed by atoms with Gasteiger partial charge in [0.15, 0.2) is 0 Å². The number of nitrogens with zero attached hydrogens (tertiary/aromatic N) is 3. The van der Waals surface area contributed by atoms with Gasteiger partial charge >= 0.3 is 0 Å². The molecule has 1 saturated heterocycles. The van der Waals surface area contributed by atoms with Crippen LogP contribution in [-0.2, 0) is 4.79 Å². The zero-order chi connectivity index (χ0) is 17.9. The first kappa shape index (κ1) is 16.9. The van der Waals surface area contributed by atoms with Gasteiger partial charge in [0, 0.05) is 6.04 Å². The van der Waals surface area contributed by atoms with Gasteiger partial charge < -0.3 is 5.32 Å². The minimum atomic E-state index is -0.239. The van der Waals surface area contributed by atoms with E-state index in [4.69, 9.17) is 0 Å². The number of carbonyl (C=O) groups excluding carboxylic acids is 1. The fourth-order valence-corrected chi connectivity index (χ4v) is 3.79. The van der Waals surface area contributed by atoms with Crippen molar-refractivity contribution in [2.45, 2.75) is 31.5 Å². The van der Waals surface area contributed by atoms with Crippen molar-refractivity contribution in [1.82, 2.24) is 30.9 Å². The normalized spacial score (nSPS) is 20.8. The lowest BCUT2D eigenvalue weighted by molar-refractivity contribution is -0.123. The number of aromatic nitrogens is 3. The van der Waals surface area contributed by atoms with Crippen LogP contribution in [0.15, 0.2) is 53.7 Å². The molecule has 2 aromatic heterocycles. The molecule has 1 amide bonds. The summed E-state index contributed by atoms with van der Waals surface area (Å²) in [4.78, 5) is 16.5. The lowest BCUT2D eigenvalue weighted by Gasteiger charge is -2.17. The average Bonchev–Trinajstić information content (AvgIpc) is 3.43. The van der Waals surface area contributed by atoms with Crippen molar-refractivity contribution >= 4 is 17.2 Å². The molecule has 0 spiro atoms. The van der Waals surface area contributed by atoms with Crippen LogP contribution >= 0.6 is 11.3 Å². The molecule has 0 bridgehead atoms. The molecule has 3 unspecified atom stereocenters. The fourth-order valence-electron chi connectivity index (χ4n) is 3.07. The lowest BCUT2D eigenvalue weighted by atomic mass is 10.0. The number of amides is 1. The number of rotatable bonds is 5. The Morgan fingerprint density at radius 2 is 2.15 bits per heavy atom. The van der Waals surface area contributed by atoms with Gasteiger partial charge in [-0.15, -0.1) is 0 Å². The van der Waals surface area contributed by atoms with E-state index < -0.39 is 0 Å². The molecular weight excluding hydrogens is 348 g/mol. The Labute approximate surface area is 155 Å². The van der Waals surface area contributed by atoms with Crippen LogP contribution in [0.3, 0.4) is 0 Å². The molecular formula is C18H20N6OS. The lowest BCUT2D eigenvalue weighted by Crippen LogP contribution is -2.43. The second-order valence-corrected chi connectivity index (χ2v) is 7.13. The summed E-state index contributed by atoms with van der Waals surface area (Å²) in [5, 5.41) is 11.4. The average molecular weight is 368 g/mol. The molecule has 7 nitrogen and oxygen atoms in total. The number of hydrogen-bond acceptors (Lipinski definition) is 6. The highest BCUT2D eigenvalue weighted by atomic mass is 32.1. The summed E-state index contributed by atoms with van der Waals surface area (Å²) >= 11 is 1.67. The fraction of sp³-hybridized carbons (Fsp3) is 0.278. The van der Waals surface area contributed by atoms with Gasteiger partial charge in [0.25, 0.3) is 0 Å². The van der Waals surface area contributed by atoms with Crippen LogP contribution in [0.4, 0.5) is 0 Å². The van der Waals surface area contributed by atoms with Gasteiger partial charge in [-0.05, 0) is 53.4 Å². The van der Waals surface area contributed by atoms with Crippen molar-refractivity contribution in [1.29, 1.82) is 0 Å². The Hall–Kier alpha value is -2.55. The first-order valence-electron chi connectivity index (χ1n) is 8.49. The highest BCUT2D eigenvalue weighted by Gasteiger charge is 2.30. The number of hydrazine groups is 1. The Balaban J connectivity index is 1.35. The van der Waals surface area contributed by atoms with E-state index in [9.17, 15) is 4.79 Å². The van der Waals surface area contributed by atoms with Crippen LogP contribution in [0.25, 0.3) is 5.69 Å². The second kappa shape index (κ2) is 7.36. The van der Waals surface area contributed by atoms with Crippen LogP contribution in [0.5, 0.6) is 0 Å². The smallest absolute Gasteiger partial charge is 0.239 e. The maximum atomic E-state index is 12.6. The summed E-state index contributed by atoms with van der Waals surface area (Å²) in [6, 6.07) is 9.88. The predicted octanol–water partition coefficient (Wildman–Crippen LogP) is 2.11. The zero-order valence-electron chi connectivity index (χ0n) is 14.3. The van der Waals surface area contributed by atoms with Crippen molar-refractivity contribution in [3.63, 3.8) is 0 Å². The van der Waals surface area contributed by atoms with Gasteiger partial charge in [0.1, 0.15) is 18.7 Å². The minimum absolute atomic E-state index is 0.00285. The topological polar surface area (TPSA) is 83.9 Å². The SMILES string of the molecule is CC(NC(=O)C1CC(c2ccsc2)NN1)c1ccc(-n2cncn2)cc1. The Bertz CT molecular complexity index is 846. The standard InChI is InChI=1S/C18H20N6OS/c1-12(13-2-4-15(5-3-13)24-11-19-10-20-24)21-18(25)17-8-16(22-23-17)14-6-7-26-9-14/h2-7,9-12,16-17,22-23H,8H2,1H3,(H,21,25). The number of nitrogens with one attached hydrogen (secondary N) is 3. The molecule has 1 aliphatic heterocycles. The van der Waals surface area contributed by atoms with Gasteiger partial charge in [0.2, 0.25) is 5.91 Å². The van der Waals surface area contributed by atoms with Gasteiger partial charge in [0.05, 0.1) is 11.7 Å². The third-order valence-corrected chi connectivity index (χ3v) is 5.30. The van der Waals surface area contributed by atoms with Crippen LogP contribution < -0.4 is 16.2 Å². The molecule has 3 N–H and O–H groups in total. The Kier molecular flexibility index (Phi) is 4.79. The Morgan fingerprint density at radius 3 is 2.85 bits per heavy atom. The molecule has 3 aromatic rings. The van der Waals surface area contributed by atoms with E-state index in [-0.39, 0.29) is 24.0 Å². The van der Waals surface area contributed by atoms with Crippen molar-refractivity contribution in [2.75, 3.05) is 0 Å². The van der Waals surface area contributed by atoms with Crippen LogP contribution in [0, 0.1) is 0 Å². The molecule has 0 radical (unpaired) electrons. The largest absolute Gasteiger partial charge is 0.348 e. The summed E-state index contributed by atoms with van der Waals surface area (Å²) in [6.07, 6.45) is 3.89. The molecule has 1 aromatic carbocycles. The summed E-state index contributed by atoms with van der Waals surface area (Å²) in [5.74, 6) is 0.00285. The van der Waals surface area contributed by atoms with Gasteiger partial charge in [-0.2, -0.15) is 16.4 Å². The van der Waals surface area contributed by atoms with E-state index in [0.29, 0.717) is 0 Å². The predicted molar refractivity (Wildman–Crippen MR) is 99.7 cm³/mol. The molecule has 3 heterocycles. The monoisotopic (exact) mass is 368 g/mol. The third kappa shape index (κ3) is 3.52. The van der Waals surface area contributed by atoms with Crippen molar-refractivity contribution in [2.24, 2.45) is 0 Å². The second-order valence-electron chi connectivity index (χ2n) is 6.35. The number of thiophene rings is 1. The van der Waals surface area contributed by atoms with E-state index in [2.05, 4.69) is 43.1 Å². The van der Waals surface area contributed by atoms with E-state index in [1.54, 1.807) is 22.3 Å². The summed E-state index contributed by atoms with van der Waals surface area (Å²) in [7, 11) is 0. The first-order chi connectivity index (χ1) is 12.7. The summed E-state index contributed by atoms with van der Waals surface area (Å²) in [6.45, 7) is 1.99. The molecule has 26 heavy (non-hydrogen) atoms.